The molecule has 0 unspecified atom stereocenters. The third-order valence-corrected chi connectivity index (χ3v) is 4.55. The summed E-state index contributed by atoms with van der Waals surface area (Å²) in [6, 6.07) is 14.7. The highest BCUT2D eigenvalue weighted by atomic mass is 16.5. The fourth-order valence-electron chi connectivity index (χ4n) is 2.89. The molecular formula is C21H26N2O. The highest BCUT2D eigenvalue weighted by Gasteiger charge is 2.31. The average molecular weight is 322 g/mol. The second-order valence-electron chi connectivity index (χ2n) is 7.56. The number of nitrogens with one attached hydrogen (secondary N) is 1. The second kappa shape index (κ2) is 6.31. The summed E-state index contributed by atoms with van der Waals surface area (Å²) in [6.07, 6.45) is 0. The van der Waals surface area contributed by atoms with Crippen molar-refractivity contribution in [3.05, 3.63) is 59.2 Å². The van der Waals surface area contributed by atoms with Crippen molar-refractivity contribution in [2.24, 2.45) is 10.4 Å². The van der Waals surface area contributed by atoms with E-state index < -0.39 is 0 Å². The van der Waals surface area contributed by atoms with E-state index in [1.54, 1.807) is 0 Å². The number of rotatable bonds is 3. The van der Waals surface area contributed by atoms with Crippen LogP contribution in [0.25, 0.3) is 0 Å². The van der Waals surface area contributed by atoms with Crippen LogP contribution in [0.3, 0.4) is 0 Å². The molecule has 0 spiro atoms. The molecule has 1 aliphatic rings. The van der Waals surface area contributed by atoms with Crippen LogP contribution in [0.15, 0.2) is 47.5 Å². The van der Waals surface area contributed by atoms with Gasteiger partial charge in [0, 0.05) is 5.69 Å². The van der Waals surface area contributed by atoms with Gasteiger partial charge in [-0.05, 0) is 42.5 Å². The van der Waals surface area contributed by atoms with Gasteiger partial charge >= 0.3 is 0 Å². The predicted octanol–water partition coefficient (Wildman–Crippen LogP) is 5.24. The van der Waals surface area contributed by atoms with Gasteiger partial charge in [0.05, 0.1) is 17.3 Å². The zero-order valence-corrected chi connectivity index (χ0v) is 15.2. The van der Waals surface area contributed by atoms with Gasteiger partial charge in [0.2, 0.25) is 5.90 Å². The number of anilines is 2. The summed E-state index contributed by atoms with van der Waals surface area (Å²) in [5, 5.41) is 3.58. The lowest BCUT2D eigenvalue weighted by Gasteiger charge is -2.21. The Labute approximate surface area is 144 Å². The van der Waals surface area contributed by atoms with Crippen molar-refractivity contribution >= 4 is 17.3 Å². The lowest BCUT2D eigenvalue weighted by Crippen LogP contribution is -2.25. The molecule has 2 aromatic rings. The fourth-order valence-corrected chi connectivity index (χ4v) is 2.89. The van der Waals surface area contributed by atoms with Gasteiger partial charge in [-0.3, -0.25) is 0 Å². The average Bonchev–Trinajstić information content (AvgIpc) is 3.01. The van der Waals surface area contributed by atoms with Crippen molar-refractivity contribution in [2.45, 2.75) is 40.7 Å². The minimum atomic E-state index is 0.108. The van der Waals surface area contributed by atoms with Crippen LogP contribution in [0.1, 0.15) is 37.5 Å². The van der Waals surface area contributed by atoms with Crippen molar-refractivity contribution in [2.75, 3.05) is 11.9 Å². The molecule has 24 heavy (non-hydrogen) atoms. The number of hydrogen-bond acceptors (Lipinski definition) is 3. The maximum atomic E-state index is 5.93. The summed E-state index contributed by atoms with van der Waals surface area (Å²) in [5.74, 6) is 0.740. The van der Waals surface area contributed by atoms with E-state index in [4.69, 9.17) is 9.73 Å². The van der Waals surface area contributed by atoms with E-state index in [0.29, 0.717) is 6.61 Å². The summed E-state index contributed by atoms with van der Waals surface area (Å²) in [6.45, 7) is 11.5. The van der Waals surface area contributed by atoms with E-state index in [9.17, 15) is 0 Å². The molecule has 1 N–H and O–H groups in total. The number of aryl methyl sites for hydroxylation is 2. The van der Waals surface area contributed by atoms with Gasteiger partial charge in [0.1, 0.15) is 6.61 Å². The largest absolute Gasteiger partial charge is 0.475 e. The standard InChI is InChI=1S/C21H26N2O/c1-14-9-8-10-15(2)19(14)22-17-12-7-6-11-16(17)20-23-18(13-24-20)21(3,4)5/h6-12,18,22H,13H2,1-5H3/t18-/m1/s1. The summed E-state index contributed by atoms with van der Waals surface area (Å²) < 4.78 is 5.93. The molecule has 0 radical (unpaired) electrons. The minimum Gasteiger partial charge on any atom is -0.475 e. The lowest BCUT2D eigenvalue weighted by molar-refractivity contribution is 0.236. The maximum absolute atomic E-state index is 5.93. The second-order valence-corrected chi connectivity index (χ2v) is 7.56. The van der Waals surface area contributed by atoms with Crippen molar-refractivity contribution in [1.82, 2.24) is 0 Å². The summed E-state index contributed by atoms with van der Waals surface area (Å²) in [7, 11) is 0. The van der Waals surface area contributed by atoms with Crippen LogP contribution < -0.4 is 5.32 Å². The first-order valence-electron chi connectivity index (χ1n) is 8.49. The Morgan fingerprint density at radius 1 is 1.00 bits per heavy atom. The molecule has 1 aliphatic heterocycles. The molecule has 1 heterocycles. The van der Waals surface area contributed by atoms with E-state index >= 15 is 0 Å². The molecule has 2 aromatic carbocycles. The van der Waals surface area contributed by atoms with Crippen LogP contribution in [0.4, 0.5) is 11.4 Å². The molecule has 0 aromatic heterocycles. The zero-order valence-electron chi connectivity index (χ0n) is 15.2. The fraction of sp³-hybridized carbons (Fsp3) is 0.381. The molecule has 0 bridgehead atoms. The van der Waals surface area contributed by atoms with Gasteiger partial charge in [-0.1, -0.05) is 51.1 Å². The molecule has 0 amide bonds. The normalized spacial score (nSPS) is 17.4. The Kier molecular flexibility index (Phi) is 4.35. The molecule has 3 heteroatoms. The summed E-state index contributed by atoms with van der Waals surface area (Å²) in [4.78, 5) is 4.83. The number of hydrogen-bond donors (Lipinski definition) is 1. The summed E-state index contributed by atoms with van der Waals surface area (Å²) >= 11 is 0. The van der Waals surface area contributed by atoms with Crippen molar-refractivity contribution in [1.29, 1.82) is 0 Å². The van der Waals surface area contributed by atoms with Gasteiger partial charge in [0.15, 0.2) is 0 Å². The van der Waals surface area contributed by atoms with Gasteiger partial charge in [0.25, 0.3) is 0 Å². The van der Waals surface area contributed by atoms with E-state index in [1.165, 1.54) is 11.1 Å². The van der Waals surface area contributed by atoms with Gasteiger partial charge in [-0.25, -0.2) is 4.99 Å². The first-order valence-corrected chi connectivity index (χ1v) is 8.49. The highest BCUT2D eigenvalue weighted by molar-refractivity contribution is 6.01. The monoisotopic (exact) mass is 322 g/mol. The lowest BCUT2D eigenvalue weighted by atomic mass is 9.88. The molecule has 1 atom stereocenters. The Morgan fingerprint density at radius 2 is 1.67 bits per heavy atom. The quantitative estimate of drug-likeness (QED) is 0.838. The molecule has 0 aliphatic carbocycles. The smallest absolute Gasteiger partial charge is 0.218 e. The molecule has 0 saturated heterocycles. The van der Waals surface area contributed by atoms with Crippen LogP contribution in [-0.4, -0.2) is 18.5 Å². The number of ether oxygens (including phenoxy) is 1. The van der Waals surface area contributed by atoms with Crippen LogP contribution in [0.2, 0.25) is 0 Å². The molecule has 126 valence electrons. The highest BCUT2D eigenvalue weighted by Crippen LogP contribution is 2.31. The van der Waals surface area contributed by atoms with Crippen LogP contribution in [0.5, 0.6) is 0 Å². The Morgan fingerprint density at radius 3 is 2.29 bits per heavy atom. The van der Waals surface area contributed by atoms with E-state index in [-0.39, 0.29) is 11.5 Å². The number of benzene rings is 2. The number of para-hydroxylation sites is 2. The van der Waals surface area contributed by atoms with E-state index in [0.717, 1.165) is 22.8 Å². The molecule has 3 rings (SSSR count). The zero-order chi connectivity index (χ0) is 17.3. The SMILES string of the molecule is Cc1cccc(C)c1Nc1ccccc1C1=N[C@@H](C(C)(C)C)CO1. The van der Waals surface area contributed by atoms with Crippen molar-refractivity contribution in [3.63, 3.8) is 0 Å². The molecule has 0 fully saturated rings. The predicted molar refractivity (Wildman–Crippen MR) is 101 cm³/mol. The Hall–Kier alpha value is -2.29. The third kappa shape index (κ3) is 3.30. The maximum Gasteiger partial charge on any atom is 0.218 e. The Bertz CT molecular complexity index is 751. The van der Waals surface area contributed by atoms with Crippen molar-refractivity contribution in [3.8, 4) is 0 Å². The first-order chi connectivity index (χ1) is 11.4. The van der Waals surface area contributed by atoms with Crippen molar-refractivity contribution < 1.29 is 4.74 Å². The third-order valence-electron chi connectivity index (χ3n) is 4.55. The molecule has 3 nitrogen and oxygen atoms in total. The minimum absolute atomic E-state index is 0.108. The topological polar surface area (TPSA) is 33.6 Å². The van der Waals surface area contributed by atoms with Crippen LogP contribution >= 0.6 is 0 Å². The summed E-state index contributed by atoms with van der Waals surface area (Å²) in [5.41, 5.74) is 5.76. The molecular weight excluding hydrogens is 296 g/mol. The van der Waals surface area contributed by atoms with Crippen LogP contribution in [0, 0.1) is 19.3 Å². The molecule has 0 saturated carbocycles. The Balaban J connectivity index is 1.95. The van der Waals surface area contributed by atoms with Crippen LogP contribution in [-0.2, 0) is 4.74 Å². The van der Waals surface area contributed by atoms with Gasteiger partial charge in [-0.2, -0.15) is 0 Å². The van der Waals surface area contributed by atoms with E-state index in [1.807, 2.05) is 12.1 Å². The van der Waals surface area contributed by atoms with Gasteiger partial charge < -0.3 is 10.1 Å². The van der Waals surface area contributed by atoms with E-state index in [2.05, 4.69) is 70.3 Å². The number of nitrogens with zero attached hydrogens (tertiary/aromatic N) is 1. The van der Waals surface area contributed by atoms with Gasteiger partial charge in [-0.15, -0.1) is 0 Å². The number of aliphatic imine (C=N–C) groups is 1. The first kappa shape index (κ1) is 16.6.